The topological polar surface area (TPSA) is 55.1 Å². The van der Waals surface area contributed by atoms with E-state index in [1.165, 1.54) is 16.9 Å². The van der Waals surface area contributed by atoms with Crippen molar-refractivity contribution in [3.05, 3.63) is 21.4 Å². The number of fused-ring (bicyclic) bond motifs is 1. The lowest BCUT2D eigenvalue weighted by Crippen LogP contribution is -2.54. The van der Waals surface area contributed by atoms with Crippen LogP contribution in [0.4, 0.5) is 0 Å². The van der Waals surface area contributed by atoms with E-state index in [1.54, 1.807) is 11.3 Å². The number of amides is 1. The molecule has 1 aromatic heterocycles. The van der Waals surface area contributed by atoms with Crippen molar-refractivity contribution < 1.29 is 4.79 Å². The fourth-order valence-electron chi connectivity index (χ4n) is 2.57. The van der Waals surface area contributed by atoms with Crippen LogP contribution in [0.25, 0.3) is 0 Å². The Balaban J connectivity index is 2.14. The first-order valence-corrected chi connectivity index (χ1v) is 8.31. The summed E-state index contributed by atoms with van der Waals surface area (Å²) < 4.78 is 0. The van der Waals surface area contributed by atoms with Gasteiger partial charge in [-0.25, -0.2) is 0 Å². The quantitative estimate of drug-likeness (QED) is 0.897. The molecule has 4 heteroatoms. The average molecular weight is 294 g/mol. The summed E-state index contributed by atoms with van der Waals surface area (Å²) in [5.74, 6) is 1.07. The molecule has 0 spiro atoms. The lowest BCUT2D eigenvalue weighted by Gasteiger charge is -2.33. The zero-order valence-electron chi connectivity index (χ0n) is 13.0. The fraction of sp³-hybridized carbons (Fsp3) is 0.688. The summed E-state index contributed by atoms with van der Waals surface area (Å²) in [4.78, 5) is 14.7. The zero-order chi connectivity index (χ0) is 14.9. The number of hydrogen-bond donors (Lipinski definition) is 2. The standard InChI is InChI=1S/C16H26N2OS/c1-10(2)16(4,9-17)18-15(19)14-8-12-7-11(3)5-6-13(12)20-14/h8,10-11H,5-7,9,17H2,1-4H3,(H,18,19). The Kier molecular flexibility index (Phi) is 4.55. The first-order valence-electron chi connectivity index (χ1n) is 7.50. The lowest BCUT2D eigenvalue weighted by molar-refractivity contribution is 0.0887. The Morgan fingerprint density at radius 3 is 2.90 bits per heavy atom. The van der Waals surface area contributed by atoms with Crippen LogP contribution >= 0.6 is 11.3 Å². The number of nitrogens with two attached hydrogens (primary N) is 1. The highest BCUT2D eigenvalue weighted by molar-refractivity contribution is 7.14. The first kappa shape index (κ1) is 15.5. The van der Waals surface area contributed by atoms with Gasteiger partial charge in [0.05, 0.1) is 10.4 Å². The summed E-state index contributed by atoms with van der Waals surface area (Å²) in [6.07, 6.45) is 3.46. The van der Waals surface area contributed by atoms with Crippen LogP contribution in [0.1, 0.15) is 54.2 Å². The van der Waals surface area contributed by atoms with Gasteiger partial charge in [-0.05, 0) is 49.7 Å². The molecule has 1 amide bonds. The number of carbonyl (C=O) groups is 1. The van der Waals surface area contributed by atoms with Gasteiger partial charge in [0.2, 0.25) is 0 Å². The Morgan fingerprint density at radius 2 is 2.30 bits per heavy atom. The summed E-state index contributed by atoms with van der Waals surface area (Å²) in [6.45, 7) is 8.94. The third-order valence-electron chi connectivity index (χ3n) is 4.65. The number of nitrogens with one attached hydrogen (secondary N) is 1. The number of hydrogen-bond acceptors (Lipinski definition) is 3. The van der Waals surface area contributed by atoms with Gasteiger partial charge in [0, 0.05) is 11.4 Å². The lowest BCUT2D eigenvalue weighted by atomic mass is 9.88. The van der Waals surface area contributed by atoms with Crippen molar-refractivity contribution in [2.24, 2.45) is 17.6 Å². The maximum Gasteiger partial charge on any atom is 0.261 e. The molecule has 2 unspecified atom stereocenters. The highest BCUT2D eigenvalue weighted by Gasteiger charge is 2.30. The second kappa shape index (κ2) is 5.86. The minimum absolute atomic E-state index is 0.0266. The van der Waals surface area contributed by atoms with Crippen molar-refractivity contribution in [3.63, 3.8) is 0 Å². The van der Waals surface area contributed by atoms with Crippen molar-refractivity contribution in [3.8, 4) is 0 Å². The van der Waals surface area contributed by atoms with Crippen LogP contribution in [-0.4, -0.2) is 18.0 Å². The molecule has 1 aromatic rings. The highest BCUT2D eigenvalue weighted by atomic mass is 32.1. The van der Waals surface area contributed by atoms with E-state index >= 15 is 0 Å². The van der Waals surface area contributed by atoms with Crippen LogP contribution in [0.5, 0.6) is 0 Å². The molecule has 1 aliphatic carbocycles. The van der Waals surface area contributed by atoms with Gasteiger partial charge in [-0.15, -0.1) is 11.3 Å². The number of aryl methyl sites for hydroxylation is 1. The van der Waals surface area contributed by atoms with Gasteiger partial charge in [-0.3, -0.25) is 4.79 Å². The van der Waals surface area contributed by atoms with Gasteiger partial charge < -0.3 is 11.1 Å². The predicted molar refractivity (Wildman–Crippen MR) is 85.3 cm³/mol. The molecular formula is C16H26N2OS. The van der Waals surface area contributed by atoms with E-state index in [4.69, 9.17) is 5.73 Å². The number of carbonyl (C=O) groups excluding carboxylic acids is 1. The van der Waals surface area contributed by atoms with Gasteiger partial charge in [0.15, 0.2) is 0 Å². The summed E-state index contributed by atoms with van der Waals surface area (Å²) in [5.41, 5.74) is 6.87. The molecule has 0 bridgehead atoms. The molecule has 0 radical (unpaired) electrons. The maximum atomic E-state index is 12.5. The average Bonchev–Trinajstić information content (AvgIpc) is 2.81. The number of thiophene rings is 1. The smallest absolute Gasteiger partial charge is 0.261 e. The van der Waals surface area contributed by atoms with Crippen molar-refractivity contribution in [2.45, 2.75) is 52.5 Å². The van der Waals surface area contributed by atoms with E-state index in [9.17, 15) is 4.79 Å². The molecule has 0 saturated heterocycles. The van der Waals surface area contributed by atoms with Crippen molar-refractivity contribution in [1.29, 1.82) is 0 Å². The van der Waals surface area contributed by atoms with E-state index in [0.717, 1.165) is 23.6 Å². The SMILES string of the molecule is CC1CCc2sc(C(=O)NC(C)(CN)C(C)C)cc2C1. The van der Waals surface area contributed by atoms with Gasteiger partial charge >= 0.3 is 0 Å². The normalized spacial score (nSPS) is 21.4. The van der Waals surface area contributed by atoms with Crippen molar-refractivity contribution in [1.82, 2.24) is 5.32 Å². The van der Waals surface area contributed by atoms with E-state index < -0.39 is 0 Å². The Hall–Kier alpha value is -0.870. The van der Waals surface area contributed by atoms with E-state index in [1.807, 2.05) is 6.92 Å². The maximum absolute atomic E-state index is 12.5. The molecular weight excluding hydrogens is 268 g/mol. The number of rotatable bonds is 4. The highest BCUT2D eigenvalue weighted by Crippen LogP contribution is 2.32. The van der Waals surface area contributed by atoms with Crippen LogP contribution in [0, 0.1) is 11.8 Å². The molecule has 0 fully saturated rings. The van der Waals surface area contributed by atoms with E-state index in [2.05, 4.69) is 32.2 Å². The molecule has 112 valence electrons. The monoisotopic (exact) mass is 294 g/mol. The van der Waals surface area contributed by atoms with Crippen LogP contribution in [0.3, 0.4) is 0 Å². The van der Waals surface area contributed by atoms with Gasteiger partial charge in [-0.1, -0.05) is 20.8 Å². The summed E-state index contributed by atoms with van der Waals surface area (Å²) in [7, 11) is 0. The molecule has 1 heterocycles. The summed E-state index contributed by atoms with van der Waals surface area (Å²) in [6, 6.07) is 2.09. The third kappa shape index (κ3) is 3.07. The van der Waals surface area contributed by atoms with Gasteiger partial charge in [-0.2, -0.15) is 0 Å². The second-order valence-electron chi connectivity index (χ2n) is 6.64. The van der Waals surface area contributed by atoms with E-state index in [-0.39, 0.29) is 11.4 Å². The Labute approximate surface area is 125 Å². The van der Waals surface area contributed by atoms with Crippen molar-refractivity contribution >= 4 is 17.2 Å². The molecule has 0 aliphatic heterocycles. The van der Waals surface area contributed by atoms with Crippen LogP contribution in [0.15, 0.2) is 6.07 Å². The van der Waals surface area contributed by atoms with Crippen LogP contribution in [0.2, 0.25) is 0 Å². The Bertz CT molecular complexity index is 495. The minimum Gasteiger partial charge on any atom is -0.345 e. The molecule has 0 saturated carbocycles. The van der Waals surface area contributed by atoms with Crippen molar-refractivity contribution in [2.75, 3.05) is 6.54 Å². The predicted octanol–water partition coefficient (Wildman–Crippen LogP) is 2.98. The third-order valence-corrected chi connectivity index (χ3v) is 5.89. The summed E-state index contributed by atoms with van der Waals surface area (Å²) in [5, 5.41) is 3.13. The second-order valence-corrected chi connectivity index (χ2v) is 7.77. The summed E-state index contributed by atoms with van der Waals surface area (Å²) >= 11 is 1.66. The minimum atomic E-state index is -0.338. The first-order chi connectivity index (χ1) is 9.35. The zero-order valence-corrected chi connectivity index (χ0v) is 13.8. The van der Waals surface area contributed by atoms with Crippen LogP contribution < -0.4 is 11.1 Å². The Morgan fingerprint density at radius 1 is 1.60 bits per heavy atom. The van der Waals surface area contributed by atoms with Crippen LogP contribution in [-0.2, 0) is 12.8 Å². The largest absolute Gasteiger partial charge is 0.345 e. The molecule has 1 aliphatic rings. The molecule has 2 atom stereocenters. The molecule has 0 aromatic carbocycles. The molecule has 20 heavy (non-hydrogen) atoms. The van der Waals surface area contributed by atoms with E-state index in [0.29, 0.717) is 12.5 Å². The van der Waals surface area contributed by atoms with Gasteiger partial charge in [0.25, 0.3) is 5.91 Å². The molecule has 3 nitrogen and oxygen atoms in total. The van der Waals surface area contributed by atoms with Gasteiger partial charge in [0.1, 0.15) is 0 Å². The fourth-order valence-corrected chi connectivity index (χ4v) is 3.67. The molecule has 3 N–H and O–H groups in total. The molecule has 2 rings (SSSR count).